The van der Waals surface area contributed by atoms with E-state index in [2.05, 4.69) is 5.32 Å². The number of nitrogens with one attached hydrogen (secondary N) is 1. The van der Waals surface area contributed by atoms with E-state index < -0.39 is 5.97 Å². The van der Waals surface area contributed by atoms with Crippen LogP contribution in [0.15, 0.2) is 42.5 Å². The quantitative estimate of drug-likeness (QED) is 0.887. The number of ether oxygens (including phenoxy) is 2. The maximum atomic E-state index is 12.3. The molecule has 0 saturated heterocycles. The lowest BCUT2D eigenvalue weighted by Gasteiger charge is -2.11. The van der Waals surface area contributed by atoms with Crippen LogP contribution in [0.4, 0.5) is 5.69 Å². The van der Waals surface area contributed by atoms with Crippen molar-refractivity contribution < 1.29 is 24.2 Å². The molecule has 0 unspecified atom stereocenters. The molecule has 1 amide bonds. The molecule has 0 spiro atoms. The number of aromatic carboxylic acids is 1. The van der Waals surface area contributed by atoms with Gasteiger partial charge in [0.15, 0.2) is 0 Å². The normalized spacial score (nSPS) is 9.91. The molecule has 0 aliphatic carbocycles. The molecule has 2 aromatic rings. The van der Waals surface area contributed by atoms with Gasteiger partial charge in [0, 0.05) is 11.8 Å². The van der Waals surface area contributed by atoms with E-state index in [0.717, 1.165) is 0 Å². The van der Waals surface area contributed by atoms with Gasteiger partial charge >= 0.3 is 5.97 Å². The minimum atomic E-state index is -1.02. The number of carboxylic acids is 1. The molecule has 6 heteroatoms. The molecule has 0 aromatic heterocycles. The van der Waals surface area contributed by atoms with Crippen molar-refractivity contribution in [2.75, 3.05) is 19.5 Å². The van der Waals surface area contributed by atoms with Crippen molar-refractivity contribution in [2.45, 2.75) is 0 Å². The van der Waals surface area contributed by atoms with Crippen LogP contribution in [-0.4, -0.2) is 31.2 Å². The molecule has 0 bridgehead atoms. The second kappa shape index (κ2) is 6.62. The fraction of sp³-hybridized carbons (Fsp3) is 0.125. The lowest BCUT2D eigenvalue weighted by molar-refractivity contribution is 0.0696. The summed E-state index contributed by atoms with van der Waals surface area (Å²) < 4.78 is 10.3. The van der Waals surface area contributed by atoms with Crippen LogP contribution < -0.4 is 14.8 Å². The topological polar surface area (TPSA) is 84.9 Å². The van der Waals surface area contributed by atoms with Crippen LogP contribution in [0.3, 0.4) is 0 Å². The first-order valence-electron chi connectivity index (χ1n) is 6.42. The first-order chi connectivity index (χ1) is 10.5. The minimum Gasteiger partial charge on any atom is -0.497 e. The fourth-order valence-corrected chi connectivity index (χ4v) is 1.88. The maximum absolute atomic E-state index is 12.3. The van der Waals surface area contributed by atoms with E-state index in [4.69, 9.17) is 14.6 Å². The zero-order valence-corrected chi connectivity index (χ0v) is 12.1. The number of carbonyl (C=O) groups excluding carboxylic acids is 1. The monoisotopic (exact) mass is 301 g/mol. The summed E-state index contributed by atoms with van der Waals surface area (Å²) in [6.07, 6.45) is 0. The third-order valence-corrected chi connectivity index (χ3v) is 3.04. The summed E-state index contributed by atoms with van der Waals surface area (Å²) in [5.74, 6) is -0.407. The van der Waals surface area contributed by atoms with Gasteiger partial charge in [-0.05, 0) is 36.4 Å². The second-order valence-corrected chi connectivity index (χ2v) is 4.40. The zero-order valence-electron chi connectivity index (χ0n) is 12.1. The molecule has 2 rings (SSSR count). The molecular weight excluding hydrogens is 286 g/mol. The largest absolute Gasteiger partial charge is 0.497 e. The van der Waals surface area contributed by atoms with Gasteiger partial charge in [0.05, 0.1) is 25.3 Å². The molecule has 0 radical (unpaired) electrons. The Morgan fingerprint density at radius 2 is 1.68 bits per heavy atom. The number of carboxylic acid groups (broad SMARTS) is 1. The van der Waals surface area contributed by atoms with E-state index >= 15 is 0 Å². The van der Waals surface area contributed by atoms with Crippen LogP contribution in [-0.2, 0) is 0 Å². The van der Waals surface area contributed by atoms with E-state index in [1.54, 1.807) is 18.2 Å². The van der Waals surface area contributed by atoms with Gasteiger partial charge in [-0.1, -0.05) is 0 Å². The van der Waals surface area contributed by atoms with Crippen molar-refractivity contribution in [2.24, 2.45) is 0 Å². The standard InChI is InChI=1S/C16H15NO5/c1-21-12-7-8-13(14(9-12)22-2)15(18)17-11-5-3-10(4-6-11)16(19)20/h3-9H,1-2H3,(H,17,18)(H,19,20). The molecule has 0 aliphatic rings. The first kappa shape index (κ1) is 15.4. The predicted molar refractivity (Wildman–Crippen MR) is 80.9 cm³/mol. The third-order valence-electron chi connectivity index (χ3n) is 3.04. The maximum Gasteiger partial charge on any atom is 0.335 e. The van der Waals surface area contributed by atoms with Gasteiger partial charge in [0.2, 0.25) is 0 Å². The highest BCUT2D eigenvalue weighted by Crippen LogP contribution is 2.25. The van der Waals surface area contributed by atoms with Crippen molar-refractivity contribution >= 4 is 17.6 Å². The Morgan fingerprint density at radius 1 is 1.00 bits per heavy atom. The third kappa shape index (κ3) is 3.35. The van der Waals surface area contributed by atoms with E-state index in [0.29, 0.717) is 22.7 Å². The molecule has 2 aromatic carbocycles. The van der Waals surface area contributed by atoms with Crippen molar-refractivity contribution in [1.82, 2.24) is 0 Å². The van der Waals surface area contributed by atoms with E-state index in [-0.39, 0.29) is 11.5 Å². The Morgan fingerprint density at radius 3 is 2.23 bits per heavy atom. The van der Waals surface area contributed by atoms with Gasteiger partial charge in [0.25, 0.3) is 5.91 Å². The summed E-state index contributed by atoms with van der Waals surface area (Å²) in [7, 11) is 2.99. The molecule has 0 saturated carbocycles. The van der Waals surface area contributed by atoms with E-state index in [1.165, 1.54) is 38.5 Å². The highest BCUT2D eigenvalue weighted by molar-refractivity contribution is 6.06. The molecule has 0 aliphatic heterocycles. The predicted octanol–water partition coefficient (Wildman–Crippen LogP) is 2.65. The number of methoxy groups -OCH3 is 2. The van der Waals surface area contributed by atoms with Gasteiger partial charge in [0.1, 0.15) is 11.5 Å². The number of rotatable bonds is 5. The van der Waals surface area contributed by atoms with Crippen molar-refractivity contribution in [1.29, 1.82) is 0 Å². The Labute approximate surface area is 127 Å². The Kier molecular flexibility index (Phi) is 4.63. The molecule has 114 valence electrons. The average molecular weight is 301 g/mol. The fourth-order valence-electron chi connectivity index (χ4n) is 1.88. The summed E-state index contributed by atoms with van der Waals surface area (Å²) in [5.41, 5.74) is 0.999. The van der Waals surface area contributed by atoms with Gasteiger partial charge in [-0.3, -0.25) is 4.79 Å². The van der Waals surface area contributed by atoms with Gasteiger partial charge < -0.3 is 19.9 Å². The Bertz CT molecular complexity index is 694. The summed E-state index contributed by atoms with van der Waals surface area (Å²) in [6.45, 7) is 0. The highest BCUT2D eigenvalue weighted by Gasteiger charge is 2.13. The number of hydrogen-bond donors (Lipinski definition) is 2. The van der Waals surface area contributed by atoms with Gasteiger partial charge in [-0.2, -0.15) is 0 Å². The number of benzene rings is 2. The van der Waals surface area contributed by atoms with Crippen molar-refractivity contribution in [3.8, 4) is 11.5 Å². The number of hydrogen-bond acceptors (Lipinski definition) is 4. The average Bonchev–Trinajstić information content (AvgIpc) is 2.54. The SMILES string of the molecule is COc1ccc(C(=O)Nc2ccc(C(=O)O)cc2)c(OC)c1. The lowest BCUT2D eigenvalue weighted by atomic mass is 10.1. The van der Waals surface area contributed by atoms with Crippen LogP contribution in [0, 0.1) is 0 Å². The summed E-state index contributed by atoms with van der Waals surface area (Å²) >= 11 is 0. The first-order valence-corrected chi connectivity index (χ1v) is 6.42. The van der Waals surface area contributed by atoms with Crippen LogP contribution in [0.1, 0.15) is 20.7 Å². The number of anilines is 1. The number of carbonyl (C=O) groups is 2. The second-order valence-electron chi connectivity index (χ2n) is 4.40. The van der Waals surface area contributed by atoms with E-state index in [1.807, 2.05) is 0 Å². The summed E-state index contributed by atoms with van der Waals surface area (Å²) in [6, 6.07) is 10.8. The van der Waals surface area contributed by atoms with Crippen LogP contribution >= 0.6 is 0 Å². The zero-order chi connectivity index (χ0) is 16.1. The molecule has 6 nitrogen and oxygen atoms in total. The molecule has 2 N–H and O–H groups in total. The van der Waals surface area contributed by atoms with E-state index in [9.17, 15) is 9.59 Å². The van der Waals surface area contributed by atoms with Crippen molar-refractivity contribution in [3.05, 3.63) is 53.6 Å². The molecule has 0 heterocycles. The Hall–Kier alpha value is -3.02. The van der Waals surface area contributed by atoms with Crippen molar-refractivity contribution in [3.63, 3.8) is 0 Å². The smallest absolute Gasteiger partial charge is 0.335 e. The van der Waals surface area contributed by atoms with Crippen LogP contribution in [0.5, 0.6) is 11.5 Å². The van der Waals surface area contributed by atoms with Crippen LogP contribution in [0.2, 0.25) is 0 Å². The highest BCUT2D eigenvalue weighted by atomic mass is 16.5. The summed E-state index contributed by atoms with van der Waals surface area (Å²) in [4.78, 5) is 23.0. The molecule has 22 heavy (non-hydrogen) atoms. The minimum absolute atomic E-state index is 0.153. The van der Waals surface area contributed by atoms with Gasteiger partial charge in [-0.15, -0.1) is 0 Å². The van der Waals surface area contributed by atoms with Gasteiger partial charge in [-0.25, -0.2) is 4.79 Å². The number of amides is 1. The molecular formula is C16H15NO5. The molecule has 0 fully saturated rings. The van der Waals surface area contributed by atoms with Crippen LogP contribution in [0.25, 0.3) is 0 Å². The lowest BCUT2D eigenvalue weighted by Crippen LogP contribution is -2.13. The summed E-state index contributed by atoms with van der Waals surface area (Å²) in [5, 5.41) is 11.5. The Balaban J connectivity index is 2.20. The molecule has 0 atom stereocenters.